The van der Waals surface area contributed by atoms with Crippen LogP contribution >= 0.6 is 0 Å². The highest BCUT2D eigenvalue weighted by Crippen LogP contribution is 2.20. The molecule has 0 fully saturated rings. The van der Waals surface area contributed by atoms with Gasteiger partial charge in [-0.05, 0) is 13.0 Å². The van der Waals surface area contributed by atoms with Gasteiger partial charge in [-0.3, -0.25) is 0 Å². The van der Waals surface area contributed by atoms with Crippen LogP contribution in [0.5, 0.6) is 0 Å². The molecule has 1 atom stereocenters. The minimum Gasteiger partial charge on any atom is -0.464 e. The van der Waals surface area contributed by atoms with Crippen molar-refractivity contribution in [2.24, 2.45) is 0 Å². The van der Waals surface area contributed by atoms with Crippen LogP contribution in [0.15, 0.2) is 34.9 Å². The molecule has 0 amide bonds. The summed E-state index contributed by atoms with van der Waals surface area (Å²) in [4.78, 5) is 0. The highest BCUT2D eigenvalue weighted by atomic mass is 16.3. The number of hydrogen-bond donors (Lipinski definition) is 2. The van der Waals surface area contributed by atoms with Crippen molar-refractivity contribution in [1.29, 1.82) is 0 Å². The van der Waals surface area contributed by atoms with Crippen molar-refractivity contribution in [3.63, 3.8) is 0 Å². The topological polar surface area (TPSA) is 37.2 Å². The van der Waals surface area contributed by atoms with Crippen LogP contribution in [0.3, 0.4) is 0 Å². The van der Waals surface area contributed by atoms with Gasteiger partial charge in [-0.25, -0.2) is 0 Å². The van der Waals surface area contributed by atoms with Crippen molar-refractivity contribution in [2.75, 3.05) is 6.54 Å². The molecule has 3 nitrogen and oxygen atoms in total. The molecule has 0 saturated heterocycles. The second kappa shape index (κ2) is 6.03. The fourth-order valence-electron chi connectivity index (χ4n) is 1.94. The first-order valence-electron chi connectivity index (χ1n) is 6.58. The summed E-state index contributed by atoms with van der Waals surface area (Å²) in [5.74, 6) is 0. The number of nitrogens with one attached hydrogen (secondary N) is 2. The molecular weight excluding hydrogens is 224 g/mol. The highest BCUT2D eigenvalue weighted by molar-refractivity contribution is 5.80. The fourth-order valence-corrected chi connectivity index (χ4v) is 1.94. The molecule has 0 radical (unpaired) electrons. The molecule has 1 unspecified atom stereocenters. The van der Waals surface area contributed by atoms with E-state index < -0.39 is 0 Å². The maximum atomic E-state index is 5.52. The molecule has 0 aliphatic carbocycles. The predicted molar refractivity (Wildman–Crippen MR) is 75.7 cm³/mol. The number of furan rings is 1. The zero-order chi connectivity index (χ0) is 13.0. The van der Waals surface area contributed by atoms with Crippen molar-refractivity contribution >= 4 is 11.0 Å². The first-order valence-corrected chi connectivity index (χ1v) is 6.58. The van der Waals surface area contributed by atoms with E-state index in [-0.39, 0.29) is 0 Å². The number of benzene rings is 1. The first-order chi connectivity index (χ1) is 8.66. The summed E-state index contributed by atoms with van der Waals surface area (Å²) in [7, 11) is 0. The minimum atomic E-state index is 0.445. The number of rotatable bonds is 6. The molecule has 0 aliphatic heterocycles. The molecule has 2 N–H and O–H groups in total. The van der Waals surface area contributed by atoms with Gasteiger partial charge in [0.15, 0.2) is 0 Å². The molecule has 0 spiro atoms. The van der Waals surface area contributed by atoms with E-state index in [0.29, 0.717) is 12.1 Å². The van der Waals surface area contributed by atoms with Crippen LogP contribution in [-0.2, 0) is 6.54 Å². The Bertz CT molecular complexity index is 490. The van der Waals surface area contributed by atoms with Gasteiger partial charge in [0.1, 0.15) is 5.58 Å². The van der Waals surface area contributed by atoms with E-state index in [2.05, 4.69) is 37.5 Å². The summed E-state index contributed by atoms with van der Waals surface area (Å²) in [5, 5.41) is 8.14. The van der Waals surface area contributed by atoms with Gasteiger partial charge in [-0.15, -0.1) is 0 Å². The van der Waals surface area contributed by atoms with Gasteiger partial charge in [0, 0.05) is 36.1 Å². The zero-order valence-electron chi connectivity index (χ0n) is 11.4. The lowest BCUT2D eigenvalue weighted by Crippen LogP contribution is -2.38. The molecule has 0 aliphatic rings. The molecule has 0 bridgehead atoms. The van der Waals surface area contributed by atoms with Gasteiger partial charge in [-0.1, -0.05) is 32.0 Å². The Hall–Kier alpha value is -1.32. The molecule has 98 valence electrons. The van der Waals surface area contributed by atoms with Gasteiger partial charge in [0.25, 0.3) is 0 Å². The second-order valence-electron chi connectivity index (χ2n) is 5.10. The summed E-state index contributed by atoms with van der Waals surface area (Å²) in [6, 6.07) is 9.13. The summed E-state index contributed by atoms with van der Waals surface area (Å²) < 4.78 is 5.52. The molecule has 1 heterocycles. The molecule has 1 aromatic heterocycles. The Morgan fingerprint density at radius 1 is 1.11 bits per heavy atom. The normalized spacial score (nSPS) is 13.3. The summed E-state index contributed by atoms with van der Waals surface area (Å²) in [5.41, 5.74) is 2.18. The van der Waals surface area contributed by atoms with Gasteiger partial charge in [-0.2, -0.15) is 0 Å². The molecule has 18 heavy (non-hydrogen) atoms. The lowest BCUT2D eigenvalue weighted by atomic mass is 10.1. The van der Waals surface area contributed by atoms with Crippen molar-refractivity contribution < 1.29 is 4.42 Å². The van der Waals surface area contributed by atoms with Crippen LogP contribution in [0.25, 0.3) is 11.0 Å². The standard InChI is InChI=1S/C15H22N2O/c1-11(2)16-8-12(3)17-9-13-10-18-15-7-5-4-6-14(13)15/h4-7,10-12,16-17H,8-9H2,1-3H3. The molecule has 2 rings (SSSR count). The highest BCUT2D eigenvalue weighted by Gasteiger charge is 2.07. The Balaban J connectivity index is 1.90. The van der Waals surface area contributed by atoms with Gasteiger partial charge in [0.2, 0.25) is 0 Å². The summed E-state index contributed by atoms with van der Waals surface area (Å²) in [6.07, 6.45) is 1.85. The Morgan fingerprint density at radius 2 is 1.89 bits per heavy atom. The van der Waals surface area contributed by atoms with Crippen LogP contribution in [0.1, 0.15) is 26.3 Å². The maximum Gasteiger partial charge on any atom is 0.134 e. The van der Waals surface area contributed by atoms with Gasteiger partial charge in [0.05, 0.1) is 6.26 Å². The van der Waals surface area contributed by atoms with E-state index in [4.69, 9.17) is 4.42 Å². The predicted octanol–water partition coefficient (Wildman–Crippen LogP) is 2.91. The third-order valence-electron chi connectivity index (χ3n) is 3.03. The third kappa shape index (κ3) is 3.34. The maximum absolute atomic E-state index is 5.52. The molecule has 2 aromatic rings. The van der Waals surface area contributed by atoms with Crippen LogP contribution in [-0.4, -0.2) is 18.6 Å². The van der Waals surface area contributed by atoms with E-state index in [1.165, 1.54) is 10.9 Å². The fraction of sp³-hybridized carbons (Fsp3) is 0.467. The van der Waals surface area contributed by atoms with Crippen LogP contribution in [0.2, 0.25) is 0 Å². The second-order valence-corrected chi connectivity index (χ2v) is 5.10. The lowest BCUT2D eigenvalue weighted by molar-refractivity contribution is 0.473. The molecular formula is C15H22N2O. The first kappa shape index (κ1) is 13.1. The average molecular weight is 246 g/mol. The van der Waals surface area contributed by atoms with Crippen LogP contribution in [0.4, 0.5) is 0 Å². The van der Waals surface area contributed by atoms with E-state index in [1.807, 2.05) is 24.5 Å². The smallest absolute Gasteiger partial charge is 0.134 e. The summed E-state index contributed by atoms with van der Waals surface area (Å²) >= 11 is 0. The molecule has 0 saturated carbocycles. The lowest BCUT2D eigenvalue weighted by Gasteiger charge is -2.16. The zero-order valence-corrected chi connectivity index (χ0v) is 11.4. The number of fused-ring (bicyclic) bond motifs is 1. The third-order valence-corrected chi connectivity index (χ3v) is 3.03. The number of para-hydroxylation sites is 1. The van der Waals surface area contributed by atoms with Gasteiger partial charge >= 0.3 is 0 Å². The van der Waals surface area contributed by atoms with E-state index >= 15 is 0 Å². The van der Waals surface area contributed by atoms with Gasteiger partial charge < -0.3 is 15.1 Å². The Kier molecular flexibility index (Phi) is 4.39. The van der Waals surface area contributed by atoms with Crippen molar-refractivity contribution in [3.05, 3.63) is 36.1 Å². The van der Waals surface area contributed by atoms with Crippen LogP contribution in [0, 0.1) is 0 Å². The van der Waals surface area contributed by atoms with E-state index in [1.54, 1.807) is 0 Å². The minimum absolute atomic E-state index is 0.445. The monoisotopic (exact) mass is 246 g/mol. The van der Waals surface area contributed by atoms with E-state index in [0.717, 1.165) is 18.7 Å². The molecule has 1 aromatic carbocycles. The molecule has 3 heteroatoms. The summed E-state index contributed by atoms with van der Waals surface area (Å²) in [6.45, 7) is 8.34. The van der Waals surface area contributed by atoms with Crippen molar-refractivity contribution in [1.82, 2.24) is 10.6 Å². The average Bonchev–Trinajstić information content (AvgIpc) is 2.77. The SMILES string of the molecule is CC(C)NCC(C)NCc1coc2ccccc12. The largest absolute Gasteiger partial charge is 0.464 e. The Labute approximate surface area is 109 Å². The Morgan fingerprint density at radius 3 is 2.67 bits per heavy atom. The number of hydrogen-bond acceptors (Lipinski definition) is 3. The van der Waals surface area contributed by atoms with Crippen LogP contribution < -0.4 is 10.6 Å². The van der Waals surface area contributed by atoms with Crippen molar-refractivity contribution in [3.8, 4) is 0 Å². The van der Waals surface area contributed by atoms with E-state index in [9.17, 15) is 0 Å². The quantitative estimate of drug-likeness (QED) is 0.823. The van der Waals surface area contributed by atoms with Crippen molar-refractivity contribution in [2.45, 2.75) is 39.4 Å².